The van der Waals surface area contributed by atoms with Crippen LogP contribution in [0.4, 0.5) is 13.2 Å². The molecule has 11 heteroatoms. The number of benzene rings is 1. The summed E-state index contributed by atoms with van der Waals surface area (Å²) in [6.45, 7) is 9.06. The molecule has 4 saturated carbocycles. The Bertz CT molecular complexity index is 1320. The van der Waals surface area contributed by atoms with Crippen LogP contribution in [0.25, 0.3) is 0 Å². The van der Waals surface area contributed by atoms with Crippen LogP contribution in [0.15, 0.2) is 29.2 Å². The smallest absolute Gasteiger partial charge is 0.406 e. The normalized spacial score (nSPS) is 39.5. The number of carbonyl (C=O) groups is 1. The lowest BCUT2D eigenvalue weighted by atomic mass is 9.41. The topological polar surface area (TPSA) is 113 Å². The third kappa shape index (κ3) is 6.14. The van der Waals surface area contributed by atoms with Gasteiger partial charge in [-0.15, -0.1) is 13.2 Å². The highest BCUT2D eigenvalue weighted by Gasteiger charge is 2.64. The van der Waals surface area contributed by atoms with Gasteiger partial charge in [0.2, 0.25) is 5.91 Å². The fourth-order valence-electron chi connectivity index (χ4n) is 10.6. The zero-order valence-corrected chi connectivity index (χ0v) is 27.0. The predicted molar refractivity (Wildman–Crippen MR) is 159 cm³/mol. The molecule has 0 radical (unpaired) electrons. The molecule has 44 heavy (non-hydrogen) atoms. The molecule has 11 atom stereocenters. The van der Waals surface area contributed by atoms with Gasteiger partial charge in [-0.2, -0.15) is 0 Å². The van der Waals surface area contributed by atoms with Crippen molar-refractivity contribution in [2.24, 2.45) is 52.3 Å². The minimum Gasteiger partial charge on any atom is -0.406 e. The van der Waals surface area contributed by atoms with Crippen LogP contribution in [0.1, 0.15) is 91.9 Å². The van der Waals surface area contributed by atoms with Gasteiger partial charge in [0.15, 0.2) is 0 Å². The highest BCUT2D eigenvalue weighted by molar-refractivity contribution is 7.90. The second-order valence-electron chi connectivity index (χ2n) is 14.7. The number of hydrogen-bond acceptors (Lipinski definition) is 6. The molecule has 0 spiro atoms. The van der Waals surface area contributed by atoms with Crippen LogP contribution in [-0.2, 0) is 14.8 Å². The number of amides is 1. The van der Waals surface area contributed by atoms with Gasteiger partial charge < -0.3 is 14.9 Å². The Labute approximate surface area is 259 Å². The van der Waals surface area contributed by atoms with Gasteiger partial charge in [-0.25, -0.2) is 13.1 Å². The van der Waals surface area contributed by atoms with E-state index in [0.29, 0.717) is 30.1 Å². The van der Waals surface area contributed by atoms with Gasteiger partial charge in [0.25, 0.3) is 10.0 Å². The number of fused-ring (bicyclic) bond motifs is 5. The monoisotopic (exact) mass is 643 g/mol. The molecule has 0 bridgehead atoms. The maximum Gasteiger partial charge on any atom is 0.573 e. The average Bonchev–Trinajstić information content (AvgIpc) is 3.29. The fourth-order valence-corrected chi connectivity index (χ4v) is 11.6. The van der Waals surface area contributed by atoms with Crippen molar-refractivity contribution >= 4 is 15.9 Å². The van der Waals surface area contributed by atoms with E-state index in [1.165, 1.54) is 0 Å². The summed E-state index contributed by atoms with van der Waals surface area (Å²) in [5.74, 6) is 0.647. The number of alkyl halides is 3. The van der Waals surface area contributed by atoms with E-state index < -0.39 is 32.9 Å². The molecular weight excluding hydrogens is 595 g/mol. The Kier molecular flexibility index (Phi) is 9.19. The Hall–Kier alpha value is -1.85. The van der Waals surface area contributed by atoms with Crippen LogP contribution in [0.3, 0.4) is 0 Å². The van der Waals surface area contributed by atoms with Gasteiger partial charge in [0, 0.05) is 12.5 Å². The molecule has 0 saturated heterocycles. The van der Waals surface area contributed by atoms with Crippen molar-refractivity contribution in [1.29, 1.82) is 0 Å². The first-order valence-electron chi connectivity index (χ1n) is 16.3. The lowest BCUT2D eigenvalue weighted by Crippen LogP contribution is -2.62. The van der Waals surface area contributed by atoms with Crippen molar-refractivity contribution in [3.8, 4) is 5.75 Å². The molecule has 7 nitrogen and oxygen atoms in total. The summed E-state index contributed by atoms with van der Waals surface area (Å²) in [5.41, 5.74) is 0.134. The maximum atomic E-state index is 12.8. The molecule has 1 aromatic rings. The van der Waals surface area contributed by atoms with Gasteiger partial charge in [-0.1, -0.05) is 40.2 Å². The van der Waals surface area contributed by atoms with Crippen LogP contribution in [0, 0.1) is 52.3 Å². The number of ether oxygens (including phenoxy) is 1. The van der Waals surface area contributed by atoms with Crippen molar-refractivity contribution in [2.75, 3.05) is 0 Å². The SMILES string of the molecule is CC[C@@H]1C2C[C@H](O)CCC2(C)[C@H]2CCC3(C)C([C@H](C)CCC(=O)NS(=O)(=O)c4cccc(OC(F)(F)F)c4)CC[C@H]3[C@@H]2[C@@H]1O. The summed E-state index contributed by atoms with van der Waals surface area (Å²) in [4.78, 5) is 12.3. The molecule has 5 rings (SSSR count). The maximum absolute atomic E-state index is 12.8. The average molecular weight is 644 g/mol. The van der Waals surface area contributed by atoms with Crippen LogP contribution in [0.5, 0.6) is 5.75 Å². The second kappa shape index (κ2) is 12.1. The first-order valence-corrected chi connectivity index (χ1v) is 17.8. The Morgan fingerprint density at radius 3 is 2.43 bits per heavy atom. The first kappa shape index (κ1) is 33.5. The van der Waals surface area contributed by atoms with E-state index in [1.807, 2.05) is 4.72 Å². The van der Waals surface area contributed by atoms with Gasteiger partial charge in [0.1, 0.15) is 5.75 Å². The number of nitrogens with one attached hydrogen (secondary N) is 1. The van der Waals surface area contributed by atoms with Crippen molar-refractivity contribution in [2.45, 2.75) is 115 Å². The van der Waals surface area contributed by atoms with E-state index in [2.05, 4.69) is 32.4 Å². The molecule has 3 N–H and O–H groups in total. The Morgan fingerprint density at radius 1 is 1.07 bits per heavy atom. The number of sulfonamides is 1. The molecule has 4 aliphatic rings. The quantitative estimate of drug-likeness (QED) is 0.301. The van der Waals surface area contributed by atoms with Crippen molar-refractivity contribution < 1.29 is 41.3 Å². The third-order valence-electron chi connectivity index (χ3n) is 12.6. The standard InChI is InChI=1S/C33H48F3NO6S/c1-5-23-27-17-20(38)13-15-32(27,4)26-14-16-31(3)24(10-11-25(31)29(26)30(23)40)19(2)9-12-28(39)37-44(41,42)22-8-6-7-21(18-22)43-33(34,35)36/h6-8,18-20,23-27,29-30,38,40H,5,9-17H2,1-4H3,(H,37,39)/t19-,20-,23-,24?,25+,26+,27?,29+,30-,31?,32?/m1/s1. The minimum absolute atomic E-state index is 0.0126. The molecule has 4 unspecified atom stereocenters. The zero-order chi connectivity index (χ0) is 32.2. The third-order valence-corrected chi connectivity index (χ3v) is 13.9. The number of aliphatic hydroxyl groups is 2. The lowest BCUT2D eigenvalue weighted by molar-refractivity contribution is -0.274. The molecule has 0 heterocycles. The van der Waals surface area contributed by atoms with E-state index in [0.717, 1.165) is 75.6 Å². The molecular formula is C33H48F3NO6S. The number of rotatable bonds is 8. The summed E-state index contributed by atoms with van der Waals surface area (Å²) >= 11 is 0. The molecule has 0 aliphatic heterocycles. The predicted octanol–water partition coefficient (Wildman–Crippen LogP) is 6.43. The second-order valence-corrected chi connectivity index (χ2v) is 16.4. The van der Waals surface area contributed by atoms with Crippen LogP contribution >= 0.6 is 0 Å². The van der Waals surface area contributed by atoms with E-state index in [-0.39, 0.29) is 47.2 Å². The van der Waals surface area contributed by atoms with Crippen molar-refractivity contribution in [3.05, 3.63) is 24.3 Å². The van der Waals surface area contributed by atoms with Gasteiger partial charge in [0.05, 0.1) is 17.1 Å². The first-order chi connectivity index (χ1) is 20.5. The largest absolute Gasteiger partial charge is 0.573 e. The van der Waals surface area contributed by atoms with Crippen LogP contribution < -0.4 is 9.46 Å². The van der Waals surface area contributed by atoms with Gasteiger partial charge in [-0.05, 0) is 116 Å². The lowest BCUT2D eigenvalue weighted by Gasteiger charge is -2.64. The van der Waals surface area contributed by atoms with E-state index in [1.54, 1.807) is 0 Å². The van der Waals surface area contributed by atoms with E-state index in [4.69, 9.17) is 0 Å². The molecule has 0 aromatic heterocycles. The number of hydrogen-bond donors (Lipinski definition) is 3. The van der Waals surface area contributed by atoms with Gasteiger partial charge >= 0.3 is 6.36 Å². The molecule has 4 aliphatic carbocycles. The van der Waals surface area contributed by atoms with E-state index in [9.17, 15) is 36.6 Å². The van der Waals surface area contributed by atoms with Crippen molar-refractivity contribution in [1.82, 2.24) is 4.72 Å². The van der Waals surface area contributed by atoms with E-state index >= 15 is 0 Å². The number of carbonyl (C=O) groups excluding carboxylic acids is 1. The Morgan fingerprint density at radius 2 is 1.75 bits per heavy atom. The van der Waals surface area contributed by atoms with Crippen molar-refractivity contribution in [3.63, 3.8) is 0 Å². The van der Waals surface area contributed by atoms with Crippen LogP contribution in [-0.4, -0.2) is 43.1 Å². The van der Waals surface area contributed by atoms with Gasteiger partial charge in [-0.3, -0.25) is 4.79 Å². The summed E-state index contributed by atoms with van der Waals surface area (Å²) in [5, 5.41) is 22.4. The summed E-state index contributed by atoms with van der Waals surface area (Å²) in [6, 6.07) is 3.96. The molecule has 4 fully saturated rings. The summed E-state index contributed by atoms with van der Waals surface area (Å²) in [7, 11) is -4.37. The van der Waals surface area contributed by atoms with Crippen LogP contribution in [0.2, 0.25) is 0 Å². The molecule has 1 aromatic carbocycles. The highest BCUT2D eigenvalue weighted by Crippen LogP contribution is 2.69. The fraction of sp³-hybridized carbons (Fsp3) is 0.788. The number of halogens is 3. The minimum atomic E-state index is -4.97. The highest BCUT2D eigenvalue weighted by atomic mass is 32.2. The molecule has 1 amide bonds. The summed E-state index contributed by atoms with van der Waals surface area (Å²) < 4.78 is 69.1. The zero-order valence-electron chi connectivity index (χ0n) is 26.1. The number of aliphatic hydroxyl groups excluding tert-OH is 2. The Balaban J connectivity index is 1.24. The summed E-state index contributed by atoms with van der Waals surface area (Å²) in [6.07, 6.45) is 2.47. The molecule has 248 valence electrons.